The number of para-hydroxylation sites is 1. The van der Waals surface area contributed by atoms with E-state index in [1.54, 1.807) is 24.1 Å². The number of amides is 1. The molecule has 3 aromatic rings. The normalized spacial score (nSPS) is 12.2. The monoisotopic (exact) mass is 394 g/mol. The maximum Gasteiger partial charge on any atom is 0.268 e. The van der Waals surface area contributed by atoms with Crippen LogP contribution in [0.2, 0.25) is 5.02 Å². The van der Waals surface area contributed by atoms with Gasteiger partial charge in [-0.05, 0) is 42.0 Å². The highest BCUT2D eigenvalue weighted by atomic mass is 35.5. The summed E-state index contributed by atoms with van der Waals surface area (Å²) in [5.74, 6) is 0.633. The number of anilines is 1. The highest BCUT2D eigenvalue weighted by Gasteiger charge is 2.24. The molecule has 2 aromatic carbocycles. The molecule has 2 heterocycles. The molecule has 0 saturated carbocycles. The van der Waals surface area contributed by atoms with Crippen molar-refractivity contribution in [3.05, 3.63) is 69.6 Å². The third-order valence-electron chi connectivity index (χ3n) is 4.52. The van der Waals surface area contributed by atoms with Crippen LogP contribution in [-0.2, 0) is 6.42 Å². The van der Waals surface area contributed by atoms with E-state index >= 15 is 0 Å². The van der Waals surface area contributed by atoms with Crippen molar-refractivity contribution in [2.45, 2.75) is 6.42 Å². The summed E-state index contributed by atoms with van der Waals surface area (Å²) in [6.45, 7) is 0.538. The minimum atomic E-state index is -0.111. The summed E-state index contributed by atoms with van der Waals surface area (Å²) in [5, 5.41) is 9.75. The van der Waals surface area contributed by atoms with Crippen LogP contribution in [0.15, 0.2) is 48.5 Å². The van der Waals surface area contributed by atoms with Gasteiger partial charge in [-0.25, -0.2) is 0 Å². The van der Waals surface area contributed by atoms with Crippen molar-refractivity contribution < 1.29 is 9.53 Å². The van der Waals surface area contributed by atoms with Crippen LogP contribution >= 0.6 is 22.9 Å². The lowest BCUT2D eigenvalue weighted by atomic mass is 10.1. The van der Waals surface area contributed by atoms with Gasteiger partial charge in [0.15, 0.2) is 0 Å². The van der Waals surface area contributed by atoms with E-state index in [4.69, 9.17) is 16.3 Å². The standard InChI is InChI=1S/C21H15ClN2O2S/c1-24(17-5-3-2-4-16(17)22)21(25)19-11-14-8-9-26-18-7-6-13(12-23)10-15(18)20(14)27-19/h2-7,10-11H,8-9H2,1H3. The summed E-state index contributed by atoms with van der Waals surface area (Å²) < 4.78 is 5.81. The number of nitrogens with zero attached hydrogens (tertiary/aromatic N) is 2. The number of carbonyl (C=O) groups excluding carboxylic acids is 1. The summed E-state index contributed by atoms with van der Waals surface area (Å²) >= 11 is 7.66. The highest BCUT2D eigenvalue weighted by Crippen LogP contribution is 2.41. The molecule has 4 nitrogen and oxygen atoms in total. The van der Waals surface area contributed by atoms with Crippen LogP contribution < -0.4 is 9.64 Å². The largest absolute Gasteiger partial charge is 0.493 e. The molecular weight excluding hydrogens is 380 g/mol. The topological polar surface area (TPSA) is 53.3 Å². The Labute approximate surface area is 166 Å². The fourth-order valence-electron chi connectivity index (χ4n) is 3.12. The van der Waals surface area contributed by atoms with Gasteiger partial charge in [0.2, 0.25) is 0 Å². The molecule has 0 bridgehead atoms. The first-order valence-corrected chi connectivity index (χ1v) is 9.60. The molecule has 27 heavy (non-hydrogen) atoms. The van der Waals surface area contributed by atoms with Crippen LogP contribution in [0.3, 0.4) is 0 Å². The zero-order chi connectivity index (χ0) is 19.0. The van der Waals surface area contributed by atoms with E-state index in [-0.39, 0.29) is 5.91 Å². The molecule has 6 heteroatoms. The summed E-state index contributed by atoms with van der Waals surface area (Å²) in [7, 11) is 1.72. The van der Waals surface area contributed by atoms with E-state index in [2.05, 4.69) is 6.07 Å². The zero-order valence-corrected chi connectivity index (χ0v) is 16.1. The van der Waals surface area contributed by atoms with Crippen LogP contribution in [0.25, 0.3) is 10.4 Å². The molecule has 0 radical (unpaired) electrons. The Hall–Kier alpha value is -2.81. The summed E-state index contributed by atoms with van der Waals surface area (Å²) in [4.78, 5) is 16.2. The van der Waals surface area contributed by atoms with Gasteiger partial charge in [0.1, 0.15) is 5.75 Å². The van der Waals surface area contributed by atoms with Crippen molar-refractivity contribution in [3.8, 4) is 22.3 Å². The number of hydrogen-bond donors (Lipinski definition) is 0. The lowest BCUT2D eigenvalue weighted by molar-refractivity contribution is 0.0997. The average Bonchev–Trinajstić information content (AvgIpc) is 3.04. The van der Waals surface area contributed by atoms with Crippen molar-refractivity contribution in [2.75, 3.05) is 18.6 Å². The van der Waals surface area contributed by atoms with Gasteiger partial charge in [0.05, 0.1) is 33.8 Å². The number of benzene rings is 2. The first kappa shape index (κ1) is 17.6. The number of thiophene rings is 1. The van der Waals surface area contributed by atoms with E-state index < -0.39 is 0 Å². The Morgan fingerprint density at radius 2 is 2.07 bits per heavy atom. The van der Waals surface area contributed by atoms with E-state index in [0.29, 0.717) is 34.2 Å². The van der Waals surface area contributed by atoms with Gasteiger partial charge in [-0.3, -0.25) is 4.79 Å². The average molecular weight is 395 g/mol. The molecule has 0 saturated heterocycles. The SMILES string of the molecule is CN(C(=O)c1cc2c(s1)-c1cc(C#N)ccc1OCC2)c1ccccc1Cl. The van der Waals surface area contributed by atoms with Crippen LogP contribution in [-0.4, -0.2) is 19.6 Å². The van der Waals surface area contributed by atoms with Gasteiger partial charge < -0.3 is 9.64 Å². The van der Waals surface area contributed by atoms with Gasteiger partial charge in [0, 0.05) is 23.9 Å². The molecule has 0 fully saturated rings. The number of hydrogen-bond acceptors (Lipinski definition) is 4. The van der Waals surface area contributed by atoms with Gasteiger partial charge in [-0.1, -0.05) is 23.7 Å². The summed E-state index contributed by atoms with van der Waals surface area (Å²) in [6, 6.07) is 16.7. The lowest BCUT2D eigenvalue weighted by Crippen LogP contribution is -2.25. The number of carbonyl (C=O) groups is 1. The van der Waals surface area contributed by atoms with Gasteiger partial charge >= 0.3 is 0 Å². The number of halogens is 1. The Balaban J connectivity index is 1.75. The fraction of sp³-hybridized carbons (Fsp3) is 0.143. The lowest BCUT2D eigenvalue weighted by Gasteiger charge is -2.17. The Morgan fingerprint density at radius 1 is 1.26 bits per heavy atom. The molecule has 1 amide bonds. The predicted octanol–water partition coefficient (Wildman–Crippen LogP) is 5.15. The van der Waals surface area contributed by atoms with Crippen molar-refractivity contribution >= 4 is 34.5 Å². The van der Waals surface area contributed by atoms with Crippen LogP contribution in [0.5, 0.6) is 5.75 Å². The summed E-state index contributed by atoms with van der Waals surface area (Å²) in [6.07, 6.45) is 0.714. The molecule has 0 N–H and O–H groups in total. The second-order valence-corrected chi connectivity index (χ2v) is 7.66. The van der Waals surface area contributed by atoms with Gasteiger partial charge in [0.25, 0.3) is 5.91 Å². The van der Waals surface area contributed by atoms with Crippen molar-refractivity contribution in [2.24, 2.45) is 0 Å². The Bertz CT molecular complexity index is 1080. The van der Waals surface area contributed by atoms with E-state index in [9.17, 15) is 10.1 Å². The molecule has 1 aromatic heterocycles. The molecule has 134 valence electrons. The molecule has 1 aliphatic heterocycles. The minimum absolute atomic E-state index is 0.111. The molecule has 1 aliphatic rings. The molecule has 0 aliphatic carbocycles. The third-order valence-corrected chi connectivity index (χ3v) is 6.04. The van der Waals surface area contributed by atoms with Crippen molar-refractivity contribution in [1.29, 1.82) is 5.26 Å². The Morgan fingerprint density at radius 3 is 2.85 bits per heavy atom. The van der Waals surface area contributed by atoms with Gasteiger partial charge in [-0.2, -0.15) is 5.26 Å². The van der Waals surface area contributed by atoms with Crippen LogP contribution in [0.1, 0.15) is 20.8 Å². The van der Waals surface area contributed by atoms with Crippen LogP contribution in [0, 0.1) is 11.3 Å². The van der Waals surface area contributed by atoms with Crippen molar-refractivity contribution in [3.63, 3.8) is 0 Å². The van der Waals surface area contributed by atoms with E-state index in [0.717, 1.165) is 21.8 Å². The number of rotatable bonds is 2. The van der Waals surface area contributed by atoms with E-state index in [1.807, 2.05) is 36.4 Å². The first-order chi connectivity index (χ1) is 13.1. The van der Waals surface area contributed by atoms with Gasteiger partial charge in [-0.15, -0.1) is 11.3 Å². The maximum absolute atomic E-state index is 13.0. The second-order valence-electron chi connectivity index (χ2n) is 6.20. The number of fused-ring (bicyclic) bond motifs is 3. The van der Waals surface area contributed by atoms with E-state index in [1.165, 1.54) is 11.3 Å². The quantitative estimate of drug-likeness (QED) is 0.603. The first-order valence-electron chi connectivity index (χ1n) is 8.41. The molecular formula is C21H15ClN2O2S. The number of nitriles is 1. The molecule has 0 spiro atoms. The minimum Gasteiger partial charge on any atom is -0.493 e. The molecule has 4 rings (SSSR count). The Kier molecular flexibility index (Phi) is 4.61. The molecule has 0 unspecified atom stereocenters. The number of ether oxygens (including phenoxy) is 1. The second kappa shape index (κ2) is 7.07. The highest BCUT2D eigenvalue weighted by molar-refractivity contribution is 7.17. The predicted molar refractivity (Wildman–Crippen MR) is 108 cm³/mol. The van der Waals surface area contributed by atoms with Crippen molar-refractivity contribution in [1.82, 2.24) is 0 Å². The molecule has 0 atom stereocenters. The zero-order valence-electron chi connectivity index (χ0n) is 14.5. The maximum atomic E-state index is 13.0. The summed E-state index contributed by atoms with van der Waals surface area (Å²) in [5.41, 5.74) is 3.17. The smallest absolute Gasteiger partial charge is 0.268 e. The fourth-order valence-corrected chi connectivity index (χ4v) is 4.59. The van der Waals surface area contributed by atoms with Crippen LogP contribution in [0.4, 0.5) is 5.69 Å². The third kappa shape index (κ3) is 3.18.